The second-order valence-corrected chi connectivity index (χ2v) is 5.40. The van der Waals surface area contributed by atoms with Gasteiger partial charge >= 0.3 is 0 Å². The van der Waals surface area contributed by atoms with Gasteiger partial charge in [0.05, 0.1) is 10.9 Å². The quantitative estimate of drug-likeness (QED) is 0.681. The minimum absolute atomic E-state index is 0.344. The van der Waals surface area contributed by atoms with Gasteiger partial charge < -0.3 is 4.42 Å². The van der Waals surface area contributed by atoms with Crippen molar-refractivity contribution in [1.29, 1.82) is 0 Å². The monoisotopic (exact) mass is 200 g/mol. The van der Waals surface area contributed by atoms with E-state index in [1.54, 1.807) is 0 Å². The number of nitrogens with zero attached hydrogens (tertiary/aromatic N) is 2. The Morgan fingerprint density at radius 3 is 2.77 bits per heavy atom. The molecule has 1 atom stereocenters. The Balaban J connectivity index is 2.65. The first-order valence-electron chi connectivity index (χ1n) is 3.86. The smallest absolute Gasteiger partial charge is 0.238 e. The van der Waals surface area contributed by atoms with E-state index in [0.717, 1.165) is 0 Å². The first-order valence-corrected chi connectivity index (χ1v) is 4.96. The second kappa shape index (κ2) is 3.83. The van der Waals surface area contributed by atoms with Gasteiger partial charge in [0.15, 0.2) is 0 Å². The summed E-state index contributed by atoms with van der Waals surface area (Å²) in [5, 5.41) is 0. The molecule has 0 aliphatic heterocycles. The maximum atomic E-state index is 11.4. The van der Waals surface area contributed by atoms with Crippen LogP contribution in [0.15, 0.2) is 21.3 Å². The van der Waals surface area contributed by atoms with Crippen LogP contribution in [0.4, 0.5) is 0 Å². The molecule has 0 radical (unpaired) electrons. The Labute approximate surface area is 79.7 Å². The molecule has 0 amide bonds. The lowest BCUT2D eigenvalue weighted by Gasteiger charge is -2.12. The maximum Gasteiger partial charge on any atom is 0.238 e. The molecule has 0 saturated heterocycles. The van der Waals surface area contributed by atoms with Gasteiger partial charge in [0, 0.05) is 0 Å². The zero-order chi connectivity index (χ0) is 9.90. The summed E-state index contributed by atoms with van der Waals surface area (Å²) >= 11 is 0. The van der Waals surface area contributed by atoms with E-state index in [-0.39, 0.29) is 4.75 Å². The lowest BCUT2D eigenvalue weighted by atomic mass is 10.3. The fraction of sp³-hybridized carbons (Fsp3) is 0.500. The Morgan fingerprint density at radius 1 is 1.62 bits per heavy atom. The van der Waals surface area contributed by atoms with Crippen LogP contribution in [0.3, 0.4) is 0 Å². The van der Waals surface area contributed by atoms with Crippen LogP contribution in [0, 0.1) is 0 Å². The van der Waals surface area contributed by atoms with Crippen molar-refractivity contribution in [1.82, 2.24) is 4.98 Å². The fourth-order valence-electron chi connectivity index (χ4n) is 0.549. The molecule has 0 aromatic carbocycles. The van der Waals surface area contributed by atoms with Crippen LogP contribution < -0.4 is 0 Å². The van der Waals surface area contributed by atoms with E-state index in [4.69, 9.17) is 4.42 Å². The van der Waals surface area contributed by atoms with Crippen molar-refractivity contribution in [2.45, 2.75) is 25.5 Å². The highest BCUT2D eigenvalue weighted by molar-refractivity contribution is 7.85. The molecule has 0 spiro atoms. The minimum atomic E-state index is -1.25. The number of hydrogen-bond acceptors (Lipinski definition) is 3. The van der Waals surface area contributed by atoms with E-state index >= 15 is 0 Å². The number of hydrogen-bond donors (Lipinski definition) is 0. The molecule has 0 fully saturated rings. The van der Waals surface area contributed by atoms with E-state index in [1.165, 1.54) is 18.7 Å². The first-order chi connectivity index (χ1) is 6.00. The van der Waals surface area contributed by atoms with Crippen molar-refractivity contribution in [3.05, 3.63) is 18.4 Å². The van der Waals surface area contributed by atoms with Gasteiger partial charge in [-0.3, -0.25) is 0 Å². The van der Waals surface area contributed by atoms with Gasteiger partial charge in [-0.1, -0.05) is 0 Å². The zero-order valence-electron chi connectivity index (χ0n) is 7.85. The van der Waals surface area contributed by atoms with Crippen molar-refractivity contribution < 1.29 is 8.63 Å². The average Bonchev–Trinajstić information content (AvgIpc) is 2.50. The number of oxazole rings is 1. The second-order valence-electron chi connectivity index (χ2n) is 3.47. The van der Waals surface area contributed by atoms with Crippen LogP contribution >= 0.6 is 0 Å². The molecule has 1 unspecified atom stereocenters. The topological polar surface area (TPSA) is 55.5 Å². The summed E-state index contributed by atoms with van der Waals surface area (Å²) < 4.78 is 19.8. The van der Waals surface area contributed by atoms with Gasteiger partial charge in [0.1, 0.15) is 23.5 Å². The summed E-state index contributed by atoms with van der Waals surface area (Å²) in [4.78, 5) is 3.82. The molecule has 1 aromatic rings. The summed E-state index contributed by atoms with van der Waals surface area (Å²) in [6.45, 7) is 5.57. The third-order valence-electron chi connectivity index (χ3n) is 1.23. The van der Waals surface area contributed by atoms with Crippen molar-refractivity contribution in [2.75, 3.05) is 0 Å². The maximum absolute atomic E-state index is 11.4. The summed E-state index contributed by atoms with van der Waals surface area (Å²) in [6.07, 6.45) is 4.34. The van der Waals surface area contributed by atoms with Gasteiger partial charge in [-0.05, 0) is 20.8 Å². The van der Waals surface area contributed by atoms with Crippen molar-refractivity contribution in [3.63, 3.8) is 0 Å². The third kappa shape index (κ3) is 3.10. The van der Waals surface area contributed by atoms with Gasteiger partial charge in [-0.25, -0.2) is 9.19 Å². The number of rotatable bonds is 2. The highest BCUT2D eigenvalue weighted by Gasteiger charge is 2.18. The average molecular weight is 200 g/mol. The molecular weight excluding hydrogens is 188 g/mol. The van der Waals surface area contributed by atoms with Gasteiger partial charge in [-0.2, -0.15) is 4.40 Å². The number of aromatic nitrogens is 1. The standard InChI is InChI=1S/C8H12N2O2S/c1-8(2,3)13(11)10-6-7-9-4-5-12-7/h4-6H,1-3H3/b10-6+. The van der Waals surface area contributed by atoms with Crippen molar-refractivity contribution >= 4 is 17.2 Å². The van der Waals surface area contributed by atoms with Gasteiger partial charge in [-0.15, -0.1) is 0 Å². The van der Waals surface area contributed by atoms with E-state index in [0.29, 0.717) is 5.89 Å². The fourth-order valence-corrected chi connectivity index (χ4v) is 1.05. The van der Waals surface area contributed by atoms with E-state index in [9.17, 15) is 4.21 Å². The Hall–Kier alpha value is -0.970. The van der Waals surface area contributed by atoms with Crippen molar-refractivity contribution in [3.8, 4) is 0 Å². The summed E-state index contributed by atoms with van der Waals surface area (Å²) in [5.74, 6) is 0.373. The van der Waals surface area contributed by atoms with E-state index < -0.39 is 11.0 Å². The van der Waals surface area contributed by atoms with E-state index in [1.807, 2.05) is 20.8 Å². The molecule has 1 heterocycles. The molecule has 4 nitrogen and oxygen atoms in total. The van der Waals surface area contributed by atoms with Crippen LogP contribution in [0.2, 0.25) is 0 Å². The van der Waals surface area contributed by atoms with Crippen LogP contribution in [0.25, 0.3) is 0 Å². The SMILES string of the molecule is CC(C)(C)S(=O)/N=C/c1ncco1. The molecule has 0 aliphatic rings. The summed E-state index contributed by atoms with van der Waals surface area (Å²) in [6, 6.07) is 0. The zero-order valence-corrected chi connectivity index (χ0v) is 8.67. The Morgan fingerprint density at radius 2 is 2.31 bits per heavy atom. The predicted octanol–water partition coefficient (Wildman–Crippen LogP) is 1.56. The molecule has 0 saturated carbocycles. The lowest BCUT2D eigenvalue weighted by Crippen LogP contribution is -2.19. The molecular formula is C8H12N2O2S. The van der Waals surface area contributed by atoms with Crippen LogP contribution in [-0.4, -0.2) is 20.2 Å². The largest absolute Gasteiger partial charge is 0.444 e. The Kier molecular flexibility index (Phi) is 2.98. The highest BCUT2D eigenvalue weighted by atomic mass is 32.2. The van der Waals surface area contributed by atoms with Gasteiger partial charge in [0.25, 0.3) is 0 Å². The normalized spacial score (nSPS) is 15.0. The van der Waals surface area contributed by atoms with Crippen LogP contribution in [0.5, 0.6) is 0 Å². The Bertz CT molecular complexity index is 311. The highest BCUT2D eigenvalue weighted by Crippen LogP contribution is 2.11. The summed E-state index contributed by atoms with van der Waals surface area (Å²) in [5.41, 5.74) is 0. The molecule has 13 heavy (non-hydrogen) atoms. The first kappa shape index (κ1) is 10.1. The molecule has 1 rings (SSSR count). The van der Waals surface area contributed by atoms with Gasteiger partial charge in [0.2, 0.25) is 5.89 Å². The molecule has 0 aliphatic carbocycles. The van der Waals surface area contributed by atoms with Crippen molar-refractivity contribution in [2.24, 2.45) is 4.40 Å². The third-order valence-corrected chi connectivity index (χ3v) is 2.58. The predicted molar refractivity (Wildman–Crippen MR) is 52.0 cm³/mol. The van der Waals surface area contributed by atoms with Crippen LogP contribution in [0.1, 0.15) is 26.7 Å². The molecule has 1 aromatic heterocycles. The minimum Gasteiger partial charge on any atom is -0.444 e. The molecule has 5 heteroatoms. The van der Waals surface area contributed by atoms with E-state index in [2.05, 4.69) is 9.38 Å². The lowest BCUT2D eigenvalue weighted by molar-refractivity contribution is 0.550. The van der Waals surface area contributed by atoms with Crippen LogP contribution in [-0.2, 0) is 11.0 Å². The summed E-state index contributed by atoms with van der Waals surface area (Å²) in [7, 11) is -1.25. The molecule has 72 valence electrons. The molecule has 0 N–H and O–H groups in total. The molecule has 0 bridgehead atoms.